The van der Waals surface area contributed by atoms with E-state index in [1.54, 1.807) is 55.4 Å². The average Bonchev–Trinajstić information content (AvgIpc) is 1.04. The van der Waals surface area contributed by atoms with Gasteiger partial charge in [-0.3, -0.25) is 67.3 Å². The molecule has 5 fully saturated rings. The number of carbonyl (C=O) groups excluding carboxylic acids is 13. The second kappa shape index (κ2) is 36.7. The van der Waals surface area contributed by atoms with E-state index in [1.807, 2.05) is 20.8 Å². The predicted molar refractivity (Wildman–Crippen MR) is 363 cm³/mol. The average molecular weight is 1410 g/mol. The number of nitrogens with zero attached hydrogens (tertiary/aromatic N) is 4. The van der Waals surface area contributed by atoms with Crippen LogP contribution in [0.5, 0.6) is 0 Å². The highest BCUT2D eigenvalue weighted by Crippen LogP contribution is 2.39. The minimum absolute atomic E-state index is 0.00787. The van der Waals surface area contributed by atoms with E-state index in [9.17, 15) is 63.0 Å². The van der Waals surface area contributed by atoms with Gasteiger partial charge >= 0.3 is 0 Å². The number of guanidine groups is 1. The highest BCUT2D eigenvalue weighted by atomic mass is 33.1. The van der Waals surface area contributed by atoms with Crippen molar-refractivity contribution < 1.29 is 72.5 Å². The number of rotatable bonds is 14. The Bertz CT molecular complexity index is 2880. The van der Waals surface area contributed by atoms with E-state index >= 15 is 9.59 Å². The zero-order chi connectivity index (χ0) is 72.4. The number of hydrogen-bond acceptors (Lipinski definition) is 19. The van der Waals surface area contributed by atoms with Gasteiger partial charge in [0, 0.05) is 43.2 Å². The topological polar surface area (TPSA) is 483 Å². The third-order valence-corrected chi connectivity index (χ3v) is 22.1. The van der Waals surface area contributed by atoms with Crippen molar-refractivity contribution in [3.05, 3.63) is 0 Å². The van der Waals surface area contributed by atoms with Crippen LogP contribution in [0.15, 0.2) is 4.99 Å². The number of aliphatic imine (C=N–C) groups is 1. The lowest BCUT2D eigenvalue weighted by molar-refractivity contribution is -0.148. The summed E-state index contributed by atoms with van der Waals surface area (Å²) in [7, 11) is 1.90. The second-order valence-corrected chi connectivity index (χ2v) is 30.8. The van der Waals surface area contributed by atoms with E-state index in [0.717, 1.165) is 21.6 Å². The van der Waals surface area contributed by atoms with Gasteiger partial charge in [-0.25, -0.2) is 0 Å². The standard InChI is InChI=1S/C63H107N17O15S2/c1-12-32(4)44-55(90)73-40-31-96-97-63(10,11)47(57(92)76-46(34(6)14-3)60(95)79-25-17-20-41(79)53(88)70-37(28-64)49(84)74-44)77-56(91)45(33(5)13-2)75-54(89)42-21-16-24-78(42)59(94)43-22-18-26-80(43)58(93)36(27-62(7,8)9)69-51(86)39(30-82)71-48(83)35(19-15-23-67-61(65)66)68-50(85)38(29-81)72-52(40)87/h32-47,81-82H,12-31,64H2,1-11H3,(H,68,85)(H,69,86)(H,70,88)(H,71,83)(H,72,87)(H,73,90)(H,74,84)(H,75,89)(H,76,92)(H,77,91)(H4,65,66,67)/t32-,33-,34-,35-,36-,37-,38-,39-,40-,41-,42-,43-,44-,45-,46-,47+/m0/s1. The van der Waals surface area contributed by atoms with Gasteiger partial charge in [-0.05, 0) is 94.8 Å². The number of aliphatic hydroxyl groups excluding tert-OH is 2. The van der Waals surface area contributed by atoms with Gasteiger partial charge in [0.15, 0.2) is 5.96 Å². The molecule has 18 N–H and O–H groups in total. The van der Waals surface area contributed by atoms with Gasteiger partial charge in [-0.15, -0.1) is 0 Å². The molecule has 0 aliphatic carbocycles. The third kappa shape index (κ3) is 21.7. The van der Waals surface area contributed by atoms with Crippen LogP contribution in [0.25, 0.3) is 0 Å². The molecule has 5 rings (SSSR count). The van der Waals surface area contributed by atoms with Crippen LogP contribution in [0.1, 0.15) is 153 Å². The summed E-state index contributed by atoms with van der Waals surface area (Å²) in [6, 6.07) is -18.6. The summed E-state index contributed by atoms with van der Waals surface area (Å²) in [5.41, 5.74) is 16.6. The van der Waals surface area contributed by atoms with Crippen molar-refractivity contribution in [1.82, 2.24) is 67.9 Å². The van der Waals surface area contributed by atoms with E-state index in [1.165, 1.54) is 14.7 Å². The third-order valence-electron chi connectivity index (χ3n) is 18.8. The molecule has 0 saturated carbocycles. The van der Waals surface area contributed by atoms with Crippen molar-refractivity contribution >= 4 is 104 Å². The van der Waals surface area contributed by atoms with Gasteiger partial charge in [0.25, 0.3) is 0 Å². The molecule has 5 heterocycles. The van der Waals surface area contributed by atoms with Crippen LogP contribution < -0.4 is 70.4 Å². The smallest absolute Gasteiger partial charge is 0.246 e. The Morgan fingerprint density at radius 2 is 0.948 bits per heavy atom. The highest BCUT2D eigenvalue weighted by molar-refractivity contribution is 8.77. The van der Waals surface area contributed by atoms with Crippen molar-refractivity contribution in [2.24, 2.45) is 45.4 Å². The molecular weight excluding hydrogens is 1300 g/mol. The van der Waals surface area contributed by atoms with Crippen LogP contribution in [-0.4, -0.2) is 243 Å². The fraction of sp³-hybridized carbons (Fsp3) is 0.778. The molecule has 5 aliphatic heterocycles. The fourth-order valence-electron chi connectivity index (χ4n) is 12.4. The molecule has 16 atom stereocenters. The van der Waals surface area contributed by atoms with Gasteiger partial charge in [-0.1, -0.05) is 103 Å². The number of amides is 13. The molecular formula is C63H107N17O15S2. The summed E-state index contributed by atoms with van der Waals surface area (Å²) in [5.74, 6) is -13.5. The van der Waals surface area contributed by atoms with Crippen LogP contribution in [0.2, 0.25) is 0 Å². The number of carbonyl (C=O) groups is 13. The summed E-state index contributed by atoms with van der Waals surface area (Å²) >= 11 is 0. The maximum absolute atomic E-state index is 15.4. The Hall–Kier alpha value is -7.04. The van der Waals surface area contributed by atoms with Crippen molar-refractivity contribution in [3.8, 4) is 0 Å². The first-order valence-electron chi connectivity index (χ1n) is 33.9. The van der Waals surface area contributed by atoms with Crippen LogP contribution >= 0.6 is 21.6 Å². The zero-order valence-electron chi connectivity index (χ0n) is 57.9. The molecule has 13 amide bonds. The van der Waals surface area contributed by atoms with E-state index in [-0.39, 0.29) is 77.1 Å². The quantitative estimate of drug-likeness (QED) is 0.0348. The van der Waals surface area contributed by atoms with Gasteiger partial charge < -0.3 is 95.3 Å². The summed E-state index contributed by atoms with van der Waals surface area (Å²) in [5, 5.41) is 48.3. The Morgan fingerprint density at radius 3 is 1.46 bits per heavy atom. The monoisotopic (exact) mass is 1410 g/mol. The Balaban J connectivity index is 1.71. The first-order valence-corrected chi connectivity index (χ1v) is 36.2. The Kier molecular flexibility index (Phi) is 30.5. The molecule has 2 bridgehead atoms. The minimum Gasteiger partial charge on any atom is -0.394 e. The lowest BCUT2D eigenvalue weighted by Crippen LogP contribution is -2.65. The number of hydrogen-bond donors (Lipinski definition) is 15. The van der Waals surface area contributed by atoms with Crippen molar-refractivity contribution in [1.29, 1.82) is 0 Å². The molecule has 0 radical (unpaired) electrons. The Morgan fingerprint density at radius 1 is 0.526 bits per heavy atom. The predicted octanol–water partition coefficient (Wildman–Crippen LogP) is -3.43. The minimum atomic E-state index is -1.87. The lowest BCUT2D eigenvalue weighted by Gasteiger charge is -2.38. The molecule has 5 aliphatic rings. The highest BCUT2D eigenvalue weighted by Gasteiger charge is 2.48. The fourth-order valence-corrected chi connectivity index (χ4v) is 15.2. The second-order valence-electron chi connectivity index (χ2n) is 27.8. The van der Waals surface area contributed by atoms with Gasteiger partial charge in [-0.2, -0.15) is 0 Å². The normalized spacial score (nSPS) is 30.4. The Labute approximate surface area is 575 Å². The summed E-state index contributed by atoms with van der Waals surface area (Å²) < 4.78 is -1.46. The number of fused-ring (bicyclic) bond motifs is 8. The van der Waals surface area contributed by atoms with E-state index in [2.05, 4.69) is 58.2 Å². The molecule has 0 unspecified atom stereocenters. The number of aliphatic hydroxyl groups is 2. The molecule has 5 saturated heterocycles. The van der Waals surface area contributed by atoms with Gasteiger partial charge in [0.2, 0.25) is 76.8 Å². The van der Waals surface area contributed by atoms with E-state index < -0.39 is 209 Å². The number of nitrogens with one attached hydrogen (secondary N) is 10. The largest absolute Gasteiger partial charge is 0.394 e. The van der Waals surface area contributed by atoms with Crippen LogP contribution in [0, 0.1) is 23.2 Å². The van der Waals surface area contributed by atoms with Crippen LogP contribution in [0.3, 0.4) is 0 Å². The van der Waals surface area contributed by atoms with E-state index in [4.69, 9.17) is 17.2 Å². The lowest BCUT2D eigenvalue weighted by atomic mass is 9.87. The summed E-state index contributed by atoms with van der Waals surface area (Å²) in [6.07, 6.45) is 2.44. The maximum Gasteiger partial charge on any atom is 0.246 e. The van der Waals surface area contributed by atoms with Gasteiger partial charge in [0.1, 0.15) is 78.5 Å². The first kappa shape index (κ1) is 80.6. The zero-order valence-corrected chi connectivity index (χ0v) is 59.6. The van der Waals surface area contributed by atoms with Crippen molar-refractivity contribution in [3.63, 3.8) is 0 Å². The molecule has 546 valence electrons. The molecule has 0 aromatic carbocycles. The van der Waals surface area contributed by atoms with Crippen LogP contribution in [0.4, 0.5) is 0 Å². The van der Waals surface area contributed by atoms with E-state index in [0.29, 0.717) is 32.1 Å². The molecule has 0 spiro atoms. The summed E-state index contributed by atoms with van der Waals surface area (Å²) in [4.78, 5) is 199. The molecule has 0 aromatic heterocycles. The SMILES string of the molecule is CC[C@H](C)[C@@H]1NC(=O)[C@H](CN)NC(=O)[C@@H]2CCCN2C(=O)[C@H]([C@@H](C)CC)NC(=O)[C@H]2NC(=O)[C@H]([C@@H](C)CC)NC(=O)[C@@H]3CCCN3C(=O)[C@@H]3CCCN3C(=O)[C@H](CC(C)(C)C)NC(=O)[C@H](CO)NC(=O)[C@H](CCCN=C(N)N)NC(=O)[C@H](CO)NC(=O)[C@H](CSSC2(C)C)NC1=O. The maximum atomic E-state index is 15.4. The van der Waals surface area contributed by atoms with Crippen LogP contribution in [-0.2, 0) is 62.3 Å². The molecule has 34 heteroatoms. The van der Waals surface area contributed by atoms with Crippen molar-refractivity contribution in [2.75, 3.05) is 51.7 Å². The van der Waals surface area contributed by atoms with Crippen molar-refractivity contribution in [2.45, 2.75) is 237 Å². The molecule has 0 aromatic rings. The molecule has 32 nitrogen and oxygen atoms in total. The summed E-state index contributed by atoms with van der Waals surface area (Å²) in [6.45, 7) is 16.8. The van der Waals surface area contributed by atoms with Gasteiger partial charge in [0.05, 0.1) is 13.2 Å². The molecule has 97 heavy (non-hydrogen) atoms. The number of nitrogens with two attached hydrogens (primary N) is 3. The first-order chi connectivity index (χ1) is 45.7.